The number of ether oxygens (including phenoxy) is 1. The highest BCUT2D eigenvalue weighted by Crippen LogP contribution is 2.24. The van der Waals surface area contributed by atoms with Gasteiger partial charge in [-0.3, -0.25) is 0 Å². The summed E-state index contributed by atoms with van der Waals surface area (Å²) >= 11 is 12.1. The molecule has 0 aliphatic carbocycles. The smallest absolute Gasteiger partial charge is 0.387 e. The summed E-state index contributed by atoms with van der Waals surface area (Å²) in [7, 11) is 0. The lowest BCUT2D eigenvalue weighted by atomic mass is 10.2. The molecule has 112 valence electrons. The fraction of sp³-hybridized carbons (Fsp3) is 0.200. The molecule has 0 spiro atoms. The van der Waals surface area contributed by atoms with E-state index in [1.807, 2.05) is 0 Å². The minimum absolute atomic E-state index is 0.142. The molecule has 0 atom stereocenters. The quantitative estimate of drug-likeness (QED) is 0.814. The number of hydrogen-bond acceptors (Lipinski definition) is 2. The standard InChI is InChI=1S/C15H13Cl2F2NO/c16-13-2-1-3-14(17)12(13)9-20-8-10-4-6-11(7-5-10)21-15(18)19/h1-7,15,20H,8-9H2. The van der Waals surface area contributed by atoms with E-state index < -0.39 is 6.61 Å². The Labute approximate surface area is 131 Å². The Bertz CT molecular complexity index is 570. The van der Waals surface area contributed by atoms with Crippen LogP contribution in [0.25, 0.3) is 0 Å². The van der Waals surface area contributed by atoms with Gasteiger partial charge in [0, 0.05) is 28.7 Å². The predicted octanol–water partition coefficient (Wildman–Crippen LogP) is 4.88. The van der Waals surface area contributed by atoms with Gasteiger partial charge in [-0.15, -0.1) is 0 Å². The molecule has 0 saturated carbocycles. The number of rotatable bonds is 6. The lowest BCUT2D eigenvalue weighted by Crippen LogP contribution is -2.13. The zero-order valence-corrected chi connectivity index (χ0v) is 12.5. The first-order valence-corrected chi connectivity index (χ1v) is 6.99. The minimum Gasteiger partial charge on any atom is -0.435 e. The second kappa shape index (κ2) is 7.59. The largest absolute Gasteiger partial charge is 0.435 e. The van der Waals surface area contributed by atoms with Crippen molar-refractivity contribution in [2.45, 2.75) is 19.7 Å². The molecule has 0 radical (unpaired) electrons. The van der Waals surface area contributed by atoms with Crippen LogP contribution in [0.4, 0.5) is 8.78 Å². The van der Waals surface area contributed by atoms with Gasteiger partial charge in [-0.05, 0) is 29.8 Å². The van der Waals surface area contributed by atoms with E-state index in [1.165, 1.54) is 12.1 Å². The maximum absolute atomic E-state index is 12.0. The molecule has 0 aliphatic heterocycles. The lowest BCUT2D eigenvalue weighted by Gasteiger charge is -2.09. The van der Waals surface area contributed by atoms with Crippen LogP contribution in [0, 0.1) is 0 Å². The third-order valence-electron chi connectivity index (χ3n) is 2.84. The maximum atomic E-state index is 12.0. The third-order valence-corrected chi connectivity index (χ3v) is 3.55. The number of alkyl halides is 2. The van der Waals surface area contributed by atoms with Crippen LogP contribution in [0.5, 0.6) is 5.75 Å². The Balaban J connectivity index is 1.89. The van der Waals surface area contributed by atoms with E-state index in [0.29, 0.717) is 23.1 Å². The van der Waals surface area contributed by atoms with Crippen molar-refractivity contribution in [2.24, 2.45) is 0 Å². The van der Waals surface area contributed by atoms with Gasteiger partial charge in [0.2, 0.25) is 0 Å². The molecule has 0 aliphatic rings. The maximum Gasteiger partial charge on any atom is 0.387 e. The van der Waals surface area contributed by atoms with Crippen molar-refractivity contribution >= 4 is 23.2 Å². The van der Waals surface area contributed by atoms with Gasteiger partial charge in [0.15, 0.2) is 0 Å². The van der Waals surface area contributed by atoms with Crippen molar-refractivity contribution in [3.63, 3.8) is 0 Å². The zero-order valence-electron chi connectivity index (χ0n) is 11.0. The molecule has 0 bridgehead atoms. The Morgan fingerprint density at radius 2 is 1.57 bits per heavy atom. The van der Waals surface area contributed by atoms with E-state index in [1.54, 1.807) is 30.3 Å². The van der Waals surface area contributed by atoms with Gasteiger partial charge in [0.1, 0.15) is 5.75 Å². The molecular formula is C15H13Cl2F2NO. The van der Waals surface area contributed by atoms with Crippen molar-refractivity contribution < 1.29 is 13.5 Å². The Morgan fingerprint density at radius 3 is 2.14 bits per heavy atom. The number of halogens is 4. The summed E-state index contributed by atoms with van der Waals surface area (Å²) < 4.78 is 28.3. The van der Waals surface area contributed by atoms with Crippen LogP contribution in [-0.4, -0.2) is 6.61 Å². The first-order valence-electron chi connectivity index (χ1n) is 6.23. The molecule has 0 fully saturated rings. The summed E-state index contributed by atoms with van der Waals surface area (Å²) in [5.74, 6) is 0.142. The Hall–Kier alpha value is -1.36. The van der Waals surface area contributed by atoms with Crippen molar-refractivity contribution in [3.05, 3.63) is 63.6 Å². The van der Waals surface area contributed by atoms with E-state index in [0.717, 1.165) is 11.1 Å². The first-order chi connectivity index (χ1) is 10.1. The van der Waals surface area contributed by atoms with E-state index >= 15 is 0 Å². The summed E-state index contributed by atoms with van der Waals surface area (Å²) in [6.45, 7) is -1.72. The van der Waals surface area contributed by atoms with Crippen LogP contribution in [-0.2, 0) is 13.1 Å². The molecule has 0 amide bonds. The molecule has 0 aromatic heterocycles. The van der Waals surface area contributed by atoms with E-state index in [9.17, 15) is 8.78 Å². The highest BCUT2D eigenvalue weighted by atomic mass is 35.5. The van der Waals surface area contributed by atoms with Crippen molar-refractivity contribution in [1.82, 2.24) is 5.32 Å². The molecule has 21 heavy (non-hydrogen) atoms. The van der Waals surface area contributed by atoms with Crippen LogP contribution in [0.1, 0.15) is 11.1 Å². The van der Waals surface area contributed by atoms with E-state index in [-0.39, 0.29) is 5.75 Å². The lowest BCUT2D eigenvalue weighted by molar-refractivity contribution is -0.0498. The average Bonchev–Trinajstić information content (AvgIpc) is 2.43. The first kappa shape index (κ1) is 16.0. The number of hydrogen-bond donors (Lipinski definition) is 1. The third kappa shape index (κ3) is 4.84. The minimum atomic E-state index is -2.81. The number of benzene rings is 2. The molecule has 2 nitrogen and oxygen atoms in total. The molecule has 0 unspecified atom stereocenters. The second-order valence-corrected chi connectivity index (χ2v) is 5.14. The molecule has 0 saturated heterocycles. The van der Waals surface area contributed by atoms with E-state index in [4.69, 9.17) is 23.2 Å². The Kier molecular flexibility index (Phi) is 5.79. The Morgan fingerprint density at radius 1 is 0.952 bits per heavy atom. The predicted molar refractivity (Wildman–Crippen MR) is 80.1 cm³/mol. The van der Waals surface area contributed by atoms with Crippen molar-refractivity contribution in [2.75, 3.05) is 0 Å². The molecule has 6 heteroatoms. The monoisotopic (exact) mass is 331 g/mol. The van der Waals surface area contributed by atoms with Crippen LogP contribution in [0.15, 0.2) is 42.5 Å². The summed E-state index contributed by atoms with van der Waals surface area (Å²) in [5.41, 5.74) is 1.78. The second-order valence-electron chi connectivity index (χ2n) is 4.33. The van der Waals surface area contributed by atoms with Crippen LogP contribution >= 0.6 is 23.2 Å². The van der Waals surface area contributed by atoms with Gasteiger partial charge in [0.25, 0.3) is 0 Å². The van der Waals surface area contributed by atoms with Gasteiger partial charge in [0.05, 0.1) is 0 Å². The normalized spacial score (nSPS) is 10.9. The molecule has 2 aromatic rings. The summed E-state index contributed by atoms with van der Waals surface area (Å²) in [6.07, 6.45) is 0. The van der Waals surface area contributed by atoms with Gasteiger partial charge < -0.3 is 10.1 Å². The highest BCUT2D eigenvalue weighted by Gasteiger charge is 2.06. The molecule has 1 N–H and O–H groups in total. The summed E-state index contributed by atoms with van der Waals surface area (Å²) in [4.78, 5) is 0. The molecule has 2 rings (SSSR count). The van der Waals surface area contributed by atoms with Crippen LogP contribution in [0.2, 0.25) is 10.0 Å². The topological polar surface area (TPSA) is 21.3 Å². The summed E-state index contributed by atoms with van der Waals surface area (Å²) in [5, 5.41) is 4.42. The fourth-order valence-electron chi connectivity index (χ4n) is 1.82. The zero-order chi connectivity index (χ0) is 15.2. The van der Waals surface area contributed by atoms with Crippen LogP contribution in [0.3, 0.4) is 0 Å². The van der Waals surface area contributed by atoms with Crippen LogP contribution < -0.4 is 10.1 Å². The molecule has 0 heterocycles. The summed E-state index contributed by atoms with van der Waals surface area (Å²) in [6, 6.07) is 11.8. The van der Waals surface area contributed by atoms with Crippen molar-refractivity contribution in [3.8, 4) is 5.75 Å². The highest BCUT2D eigenvalue weighted by molar-refractivity contribution is 6.35. The average molecular weight is 332 g/mol. The number of nitrogens with one attached hydrogen (secondary N) is 1. The van der Waals surface area contributed by atoms with E-state index in [2.05, 4.69) is 10.1 Å². The SMILES string of the molecule is FC(F)Oc1ccc(CNCc2c(Cl)cccc2Cl)cc1. The van der Waals surface area contributed by atoms with Crippen molar-refractivity contribution in [1.29, 1.82) is 0 Å². The fourth-order valence-corrected chi connectivity index (χ4v) is 2.35. The van der Waals surface area contributed by atoms with Gasteiger partial charge in [-0.2, -0.15) is 8.78 Å². The van der Waals surface area contributed by atoms with Gasteiger partial charge in [-0.1, -0.05) is 41.4 Å². The van der Waals surface area contributed by atoms with Gasteiger partial charge >= 0.3 is 6.61 Å². The molecular weight excluding hydrogens is 319 g/mol. The van der Waals surface area contributed by atoms with Gasteiger partial charge in [-0.25, -0.2) is 0 Å². The molecule has 2 aromatic carbocycles.